The summed E-state index contributed by atoms with van der Waals surface area (Å²) >= 11 is 3.30. The molecule has 42 heavy (non-hydrogen) atoms. The van der Waals surface area contributed by atoms with E-state index in [1.165, 1.54) is 0 Å². The molecule has 1 rings (SSSR count). The third kappa shape index (κ3) is 27.6. The van der Waals surface area contributed by atoms with Crippen molar-refractivity contribution in [2.24, 2.45) is 0 Å². The van der Waals surface area contributed by atoms with Crippen molar-refractivity contribution in [3.8, 4) is 5.75 Å². The van der Waals surface area contributed by atoms with Gasteiger partial charge in [0.05, 0.1) is 132 Å². The molecule has 0 aliphatic rings. The summed E-state index contributed by atoms with van der Waals surface area (Å²) in [5.41, 5.74) is 0.619. The molecular weight excluding hydrogens is 620 g/mol. The fourth-order valence-electron chi connectivity index (χ4n) is 3.00. The Balaban J connectivity index is 1.64. The third-order valence-corrected chi connectivity index (χ3v) is 5.41. The largest absolute Gasteiger partial charge is 0.491 e. The van der Waals surface area contributed by atoms with Crippen molar-refractivity contribution in [1.29, 1.82) is 0 Å². The lowest BCUT2D eigenvalue weighted by molar-refractivity contribution is -0.0265. The number of benzene rings is 1. The molecule has 0 unspecified atom stereocenters. The summed E-state index contributed by atoms with van der Waals surface area (Å²) in [4.78, 5) is 10.6. The van der Waals surface area contributed by atoms with Crippen molar-refractivity contribution in [3.05, 3.63) is 29.8 Å². The lowest BCUT2D eigenvalue weighted by Gasteiger charge is -2.09. The quantitative estimate of drug-likeness (QED) is 0.0610. The molecule has 1 aromatic carbocycles. The van der Waals surface area contributed by atoms with Gasteiger partial charge >= 0.3 is 0 Å². The fourth-order valence-corrected chi connectivity index (χ4v) is 3.23. The molecule has 0 saturated carbocycles. The van der Waals surface area contributed by atoms with Crippen molar-refractivity contribution in [3.63, 3.8) is 0 Å². The molecule has 0 spiro atoms. The molecule has 0 saturated heterocycles. The van der Waals surface area contributed by atoms with Crippen LogP contribution in [0.15, 0.2) is 24.3 Å². The van der Waals surface area contributed by atoms with Crippen LogP contribution in [0.2, 0.25) is 0 Å². The smallest absolute Gasteiger partial charge is 0.150 e. The minimum atomic E-state index is 0.433. The van der Waals surface area contributed by atoms with E-state index >= 15 is 0 Å². The number of carbonyl (C=O) groups excluding carboxylic acids is 1. The van der Waals surface area contributed by atoms with Crippen molar-refractivity contribution in [2.45, 2.75) is 0 Å². The molecule has 0 heterocycles. The molecule has 13 heteroatoms. The van der Waals surface area contributed by atoms with E-state index in [2.05, 4.69) is 15.9 Å². The van der Waals surface area contributed by atoms with Crippen LogP contribution in [-0.4, -0.2) is 150 Å². The summed E-state index contributed by atoms with van der Waals surface area (Å²) in [5.74, 6) is 0.705. The van der Waals surface area contributed by atoms with E-state index in [1.54, 1.807) is 24.3 Å². The van der Waals surface area contributed by atoms with E-state index in [9.17, 15) is 4.79 Å². The number of alkyl halides is 1. The van der Waals surface area contributed by atoms with Gasteiger partial charge in [0.1, 0.15) is 18.6 Å². The van der Waals surface area contributed by atoms with Crippen LogP contribution < -0.4 is 4.74 Å². The van der Waals surface area contributed by atoms with Gasteiger partial charge in [-0.15, -0.1) is 0 Å². The Kier molecular flexibility index (Phi) is 30.2. The summed E-state index contributed by atoms with van der Waals surface area (Å²) in [6, 6.07) is 6.94. The fraction of sp³-hybridized carbons (Fsp3) is 0.759. The second-order valence-electron chi connectivity index (χ2n) is 8.35. The number of rotatable bonds is 34. The summed E-state index contributed by atoms with van der Waals surface area (Å²) in [6.45, 7) is 10.9. The summed E-state index contributed by atoms with van der Waals surface area (Å²) in [5, 5.41) is 0.835. The first kappa shape index (κ1) is 38.8. The van der Waals surface area contributed by atoms with E-state index in [0.29, 0.717) is 150 Å². The molecule has 0 amide bonds. The van der Waals surface area contributed by atoms with E-state index < -0.39 is 0 Å². The zero-order valence-electron chi connectivity index (χ0n) is 24.7. The van der Waals surface area contributed by atoms with E-state index in [-0.39, 0.29) is 0 Å². The topological polar surface area (TPSA) is 119 Å². The van der Waals surface area contributed by atoms with Crippen molar-refractivity contribution >= 4 is 22.2 Å². The highest BCUT2D eigenvalue weighted by Gasteiger charge is 1.97. The van der Waals surface area contributed by atoms with Crippen LogP contribution in [0.3, 0.4) is 0 Å². The van der Waals surface area contributed by atoms with E-state index in [0.717, 1.165) is 11.6 Å². The zero-order valence-corrected chi connectivity index (χ0v) is 26.3. The summed E-state index contributed by atoms with van der Waals surface area (Å²) in [6.07, 6.45) is 0.798. The number of halogens is 1. The SMILES string of the molecule is O=Cc1ccc(OCCOCCOCCOCCOCCOCCOCCOCCOCCOCCOCCBr)cc1. The third-order valence-electron chi connectivity index (χ3n) is 5.08. The Labute approximate surface area is 258 Å². The van der Waals surface area contributed by atoms with E-state index in [4.69, 9.17) is 52.1 Å². The first-order valence-electron chi connectivity index (χ1n) is 14.4. The molecule has 0 N–H and O–H groups in total. The molecule has 1 aromatic rings. The Bertz CT molecular complexity index is 683. The van der Waals surface area contributed by atoms with Gasteiger partial charge in [-0.3, -0.25) is 4.79 Å². The lowest BCUT2D eigenvalue weighted by atomic mass is 10.2. The maximum absolute atomic E-state index is 10.6. The van der Waals surface area contributed by atoms with Crippen LogP contribution in [0.5, 0.6) is 5.75 Å². The number of carbonyl (C=O) groups is 1. The van der Waals surface area contributed by atoms with Crippen LogP contribution >= 0.6 is 15.9 Å². The van der Waals surface area contributed by atoms with Gasteiger partial charge in [-0.05, 0) is 24.3 Å². The Hall–Kier alpha value is -1.23. The van der Waals surface area contributed by atoms with Crippen LogP contribution in [0, 0.1) is 0 Å². The lowest BCUT2D eigenvalue weighted by Crippen LogP contribution is -2.15. The first-order chi connectivity index (χ1) is 20.9. The Morgan fingerprint density at radius 3 is 0.929 bits per heavy atom. The summed E-state index contributed by atoms with van der Waals surface area (Å²) < 4.78 is 59.8. The standard InChI is InChI=1S/C29H49BrO12/c30-5-6-32-7-8-33-9-10-34-11-12-35-13-14-36-15-16-37-17-18-38-19-20-39-21-22-40-23-24-41-25-26-42-29-3-1-28(27-31)2-4-29/h1-4,27H,5-26H2. The van der Waals surface area contributed by atoms with Crippen molar-refractivity contribution < 1.29 is 56.9 Å². The van der Waals surface area contributed by atoms with Gasteiger partial charge < -0.3 is 52.1 Å². The number of hydrogen-bond donors (Lipinski definition) is 0. The average Bonchev–Trinajstić information content (AvgIpc) is 3.02. The van der Waals surface area contributed by atoms with Gasteiger partial charge in [-0.25, -0.2) is 0 Å². The van der Waals surface area contributed by atoms with Crippen molar-refractivity contribution in [1.82, 2.24) is 0 Å². The molecule has 0 aromatic heterocycles. The van der Waals surface area contributed by atoms with Gasteiger partial charge in [-0.2, -0.15) is 0 Å². The molecule has 0 radical (unpaired) electrons. The van der Waals surface area contributed by atoms with Crippen LogP contribution in [0.4, 0.5) is 0 Å². The minimum Gasteiger partial charge on any atom is -0.491 e. The minimum absolute atomic E-state index is 0.433. The number of hydrogen-bond acceptors (Lipinski definition) is 12. The van der Waals surface area contributed by atoms with Gasteiger partial charge in [0.25, 0.3) is 0 Å². The predicted molar refractivity (Wildman–Crippen MR) is 159 cm³/mol. The molecule has 0 fully saturated rings. The molecule has 12 nitrogen and oxygen atoms in total. The van der Waals surface area contributed by atoms with Gasteiger partial charge in [0, 0.05) is 10.9 Å². The highest BCUT2D eigenvalue weighted by atomic mass is 79.9. The maximum atomic E-state index is 10.6. The van der Waals surface area contributed by atoms with E-state index in [1.807, 2.05) is 0 Å². The first-order valence-corrected chi connectivity index (χ1v) is 15.5. The Morgan fingerprint density at radius 2 is 0.667 bits per heavy atom. The highest BCUT2D eigenvalue weighted by Crippen LogP contribution is 2.10. The van der Waals surface area contributed by atoms with Crippen molar-refractivity contribution in [2.75, 3.05) is 144 Å². The van der Waals surface area contributed by atoms with Crippen LogP contribution in [0.1, 0.15) is 10.4 Å². The second kappa shape index (κ2) is 32.7. The Morgan fingerprint density at radius 1 is 0.405 bits per heavy atom. The predicted octanol–water partition coefficient (Wildman–Crippen LogP) is 2.44. The maximum Gasteiger partial charge on any atom is 0.150 e. The van der Waals surface area contributed by atoms with Gasteiger partial charge in [0.2, 0.25) is 0 Å². The van der Waals surface area contributed by atoms with Gasteiger partial charge in [-0.1, -0.05) is 15.9 Å². The number of aldehydes is 1. The normalized spacial score (nSPS) is 11.3. The van der Waals surface area contributed by atoms with Crippen LogP contribution in [-0.2, 0) is 47.4 Å². The zero-order chi connectivity index (χ0) is 30.0. The molecular formula is C29H49BrO12. The molecule has 0 atom stereocenters. The molecule has 0 aliphatic carbocycles. The summed E-state index contributed by atoms with van der Waals surface area (Å²) in [7, 11) is 0. The monoisotopic (exact) mass is 668 g/mol. The second-order valence-corrected chi connectivity index (χ2v) is 9.14. The molecule has 0 aliphatic heterocycles. The van der Waals surface area contributed by atoms with Crippen LogP contribution in [0.25, 0.3) is 0 Å². The highest BCUT2D eigenvalue weighted by molar-refractivity contribution is 9.09. The molecule has 244 valence electrons. The number of ether oxygens (including phenoxy) is 11. The average molecular weight is 670 g/mol. The van der Waals surface area contributed by atoms with Gasteiger partial charge in [0.15, 0.2) is 0 Å². The molecule has 0 bridgehead atoms.